The van der Waals surface area contributed by atoms with Gasteiger partial charge >= 0.3 is 10.4 Å². The Bertz CT molecular complexity index is 288. The molecule has 0 aliphatic carbocycles. The van der Waals surface area contributed by atoms with E-state index in [1.54, 1.807) is 18.2 Å². The van der Waals surface area contributed by atoms with Gasteiger partial charge in [0.25, 0.3) is 0 Å². The Morgan fingerprint density at radius 3 is 2.40 bits per heavy atom. The van der Waals surface area contributed by atoms with Gasteiger partial charge < -0.3 is 10.0 Å². The van der Waals surface area contributed by atoms with Gasteiger partial charge in [-0.1, -0.05) is 0 Å². The summed E-state index contributed by atoms with van der Waals surface area (Å²) in [6.45, 7) is 4.85. The van der Waals surface area contributed by atoms with Gasteiger partial charge in [-0.2, -0.15) is 8.42 Å². The van der Waals surface area contributed by atoms with E-state index in [9.17, 15) is 8.42 Å². The van der Waals surface area contributed by atoms with E-state index < -0.39 is 10.4 Å². The zero-order valence-corrected chi connectivity index (χ0v) is 9.51. The molecular formula is C7H16N2O5S. The Hall–Kier alpha value is -0.700. The van der Waals surface area contributed by atoms with Crippen molar-refractivity contribution in [3.8, 4) is 0 Å². The first-order valence-electron chi connectivity index (χ1n) is 4.42. The van der Waals surface area contributed by atoms with E-state index in [1.807, 2.05) is 0 Å². The fourth-order valence-corrected chi connectivity index (χ4v) is 1.12. The van der Waals surface area contributed by atoms with E-state index in [1.165, 1.54) is 6.92 Å². The molecule has 1 heterocycles. The third-order valence-electron chi connectivity index (χ3n) is 1.46. The molecule has 0 spiro atoms. The molecule has 90 valence electrons. The van der Waals surface area contributed by atoms with Crippen molar-refractivity contribution in [2.75, 3.05) is 19.7 Å². The van der Waals surface area contributed by atoms with Gasteiger partial charge in [-0.05, 0) is 13.8 Å². The molecule has 1 aliphatic heterocycles. The largest absolute Gasteiger partial charge is 0.397 e. The van der Waals surface area contributed by atoms with E-state index in [0.29, 0.717) is 0 Å². The maximum absolute atomic E-state index is 9.56. The third-order valence-corrected chi connectivity index (χ3v) is 2.00. The lowest BCUT2D eigenvalue weighted by Crippen LogP contribution is -2.29. The van der Waals surface area contributed by atoms with Crippen molar-refractivity contribution in [3.05, 3.63) is 0 Å². The lowest BCUT2D eigenvalue weighted by molar-refractivity contribution is 0.0814. The zero-order chi connectivity index (χ0) is 11.9. The SMILES string of the molecule is CC(O)N1C=NCC1.CCOS(=O)(=O)O. The first-order chi connectivity index (χ1) is 6.87. The predicted octanol–water partition coefficient (Wildman–Crippen LogP) is -0.506. The number of aliphatic hydroxyl groups is 1. The van der Waals surface area contributed by atoms with E-state index >= 15 is 0 Å². The minimum absolute atomic E-state index is 0.0289. The van der Waals surface area contributed by atoms with E-state index in [0.717, 1.165) is 13.1 Å². The van der Waals surface area contributed by atoms with Gasteiger partial charge in [-0.15, -0.1) is 0 Å². The van der Waals surface area contributed by atoms with Crippen LogP contribution >= 0.6 is 0 Å². The van der Waals surface area contributed by atoms with Crippen molar-refractivity contribution in [1.29, 1.82) is 0 Å². The second-order valence-corrected chi connectivity index (χ2v) is 3.82. The molecule has 0 radical (unpaired) electrons. The first kappa shape index (κ1) is 14.3. The maximum atomic E-state index is 9.56. The van der Waals surface area contributed by atoms with Gasteiger partial charge in [0.1, 0.15) is 6.23 Å². The molecule has 1 rings (SSSR count). The molecule has 15 heavy (non-hydrogen) atoms. The lowest BCUT2D eigenvalue weighted by atomic mass is 10.5. The van der Waals surface area contributed by atoms with E-state index in [2.05, 4.69) is 9.18 Å². The number of rotatable bonds is 3. The van der Waals surface area contributed by atoms with Crippen molar-refractivity contribution in [1.82, 2.24) is 4.90 Å². The second kappa shape index (κ2) is 6.72. The highest BCUT2D eigenvalue weighted by atomic mass is 32.3. The molecule has 1 unspecified atom stereocenters. The van der Waals surface area contributed by atoms with Gasteiger partial charge in [0, 0.05) is 6.54 Å². The average Bonchev–Trinajstić information content (AvgIpc) is 2.53. The molecule has 0 fully saturated rings. The number of nitrogens with zero attached hydrogens (tertiary/aromatic N) is 2. The summed E-state index contributed by atoms with van der Waals surface area (Å²) in [4.78, 5) is 5.72. The molecule has 1 atom stereocenters. The Morgan fingerprint density at radius 2 is 2.27 bits per heavy atom. The standard InChI is InChI=1S/C5H10N2O.C2H6O4S/c1-5(8)7-3-2-6-4-7;1-2-6-7(3,4)5/h4-5,8H,2-3H2,1H3;2H2,1H3,(H,3,4,5). The molecule has 0 amide bonds. The van der Waals surface area contributed by atoms with Gasteiger partial charge in [0.15, 0.2) is 0 Å². The number of aliphatic hydroxyl groups excluding tert-OH is 1. The molecular weight excluding hydrogens is 224 g/mol. The van der Waals surface area contributed by atoms with Crippen LogP contribution in [0, 0.1) is 0 Å². The smallest absolute Gasteiger partial charge is 0.374 e. The summed E-state index contributed by atoms with van der Waals surface area (Å²) in [5, 5.41) is 8.89. The minimum Gasteiger partial charge on any atom is -0.374 e. The van der Waals surface area contributed by atoms with Gasteiger partial charge in [-0.3, -0.25) is 9.55 Å². The Balaban J connectivity index is 0.000000265. The normalized spacial score (nSPS) is 17.2. The highest BCUT2D eigenvalue weighted by Crippen LogP contribution is 1.96. The van der Waals surface area contributed by atoms with Gasteiger partial charge in [0.2, 0.25) is 0 Å². The molecule has 8 heteroatoms. The van der Waals surface area contributed by atoms with Crippen LogP contribution in [-0.4, -0.2) is 55.2 Å². The second-order valence-electron chi connectivity index (χ2n) is 2.73. The molecule has 0 saturated heterocycles. The number of hydrogen-bond donors (Lipinski definition) is 2. The summed E-state index contributed by atoms with van der Waals surface area (Å²) in [6.07, 6.45) is 1.31. The van der Waals surface area contributed by atoms with Crippen LogP contribution in [0.2, 0.25) is 0 Å². The van der Waals surface area contributed by atoms with E-state index in [-0.39, 0.29) is 12.8 Å². The molecule has 2 N–H and O–H groups in total. The van der Waals surface area contributed by atoms with Crippen molar-refractivity contribution < 1.29 is 22.3 Å². The summed E-state index contributed by atoms with van der Waals surface area (Å²) in [6, 6.07) is 0. The summed E-state index contributed by atoms with van der Waals surface area (Å²) < 4.78 is 30.7. The quantitative estimate of drug-likeness (QED) is 0.645. The predicted molar refractivity (Wildman–Crippen MR) is 54.9 cm³/mol. The molecule has 0 aromatic heterocycles. The molecule has 0 bridgehead atoms. The van der Waals surface area contributed by atoms with Crippen LogP contribution in [-0.2, 0) is 14.6 Å². The fraction of sp³-hybridized carbons (Fsp3) is 0.857. The Kier molecular flexibility index (Phi) is 6.41. The van der Waals surface area contributed by atoms with Crippen molar-refractivity contribution in [2.24, 2.45) is 4.99 Å². The van der Waals surface area contributed by atoms with Crippen molar-refractivity contribution in [3.63, 3.8) is 0 Å². The first-order valence-corrected chi connectivity index (χ1v) is 5.79. The number of aliphatic imine (C=N–C) groups is 1. The van der Waals surface area contributed by atoms with Crippen LogP contribution in [0.15, 0.2) is 4.99 Å². The Morgan fingerprint density at radius 1 is 1.67 bits per heavy atom. The van der Waals surface area contributed by atoms with Crippen molar-refractivity contribution in [2.45, 2.75) is 20.1 Å². The zero-order valence-electron chi connectivity index (χ0n) is 8.70. The Labute approximate surface area is 89.3 Å². The third kappa shape index (κ3) is 8.30. The van der Waals surface area contributed by atoms with Gasteiger partial charge in [-0.25, -0.2) is 4.18 Å². The maximum Gasteiger partial charge on any atom is 0.397 e. The van der Waals surface area contributed by atoms with Crippen LogP contribution in [0.4, 0.5) is 0 Å². The van der Waals surface area contributed by atoms with Crippen LogP contribution < -0.4 is 0 Å². The average molecular weight is 240 g/mol. The molecule has 0 saturated carbocycles. The van der Waals surface area contributed by atoms with Crippen LogP contribution in [0.3, 0.4) is 0 Å². The monoisotopic (exact) mass is 240 g/mol. The lowest BCUT2D eigenvalue weighted by Gasteiger charge is -2.16. The van der Waals surface area contributed by atoms with Crippen LogP contribution in [0.1, 0.15) is 13.8 Å². The summed E-state index contributed by atoms with van der Waals surface area (Å²) in [5.41, 5.74) is 0. The molecule has 7 nitrogen and oxygen atoms in total. The van der Waals surface area contributed by atoms with Crippen LogP contribution in [0.25, 0.3) is 0 Å². The van der Waals surface area contributed by atoms with Gasteiger partial charge in [0.05, 0.1) is 19.5 Å². The summed E-state index contributed by atoms with van der Waals surface area (Å²) in [5.74, 6) is 0. The number of hydrogen-bond acceptors (Lipinski definition) is 6. The van der Waals surface area contributed by atoms with E-state index in [4.69, 9.17) is 9.66 Å². The molecule has 0 aromatic rings. The highest BCUT2D eigenvalue weighted by molar-refractivity contribution is 7.80. The van der Waals surface area contributed by atoms with Crippen LogP contribution in [0.5, 0.6) is 0 Å². The minimum atomic E-state index is -4.17. The highest BCUT2D eigenvalue weighted by Gasteiger charge is 2.08. The molecule has 1 aliphatic rings. The summed E-state index contributed by atoms with van der Waals surface area (Å²) in [7, 11) is -4.17. The fourth-order valence-electron chi connectivity index (χ4n) is 0.826. The summed E-state index contributed by atoms with van der Waals surface area (Å²) >= 11 is 0. The topological polar surface area (TPSA) is 99.4 Å². The van der Waals surface area contributed by atoms with Crippen molar-refractivity contribution >= 4 is 16.7 Å². The molecule has 0 aromatic carbocycles.